The van der Waals surface area contributed by atoms with E-state index in [0.29, 0.717) is 68.4 Å². The Labute approximate surface area is 298 Å². The van der Waals surface area contributed by atoms with Crippen LogP contribution in [0.25, 0.3) is 5.57 Å². The van der Waals surface area contributed by atoms with Crippen molar-refractivity contribution in [2.24, 2.45) is 10.4 Å². The predicted octanol–water partition coefficient (Wildman–Crippen LogP) is 4.33. The van der Waals surface area contributed by atoms with Crippen molar-refractivity contribution in [3.05, 3.63) is 89.1 Å². The molecule has 12 nitrogen and oxygen atoms in total. The molecule has 12 heteroatoms. The number of ether oxygens (including phenoxy) is 1. The van der Waals surface area contributed by atoms with Gasteiger partial charge in [0.25, 0.3) is 0 Å². The molecule has 1 spiro atoms. The fourth-order valence-corrected chi connectivity index (χ4v) is 7.38. The molecule has 1 aliphatic carbocycles. The molecule has 2 amide bonds. The van der Waals surface area contributed by atoms with Gasteiger partial charge in [0.15, 0.2) is 5.84 Å². The number of hydrogen-bond donors (Lipinski definition) is 4. The zero-order valence-electron chi connectivity index (χ0n) is 29.0. The number of nitrogen functional groups attached to an aromatic ring is 1. The van der Waals surface area contributed by atoms with Crippen molar-refractivity contribution in [2.45, 2.75) is 44.6 Å². The molecule has 0 bridgehead atoms. The second-order valence-corrected chi connectivity index (χ2v) is 13.9. The number of nitrogens with one attached hydrogen (secondary N) is 3. The van der Waals surface area contributed by atoms with Crippen LogP contribution in [0, 0.1) is 16.2 Å². The molecule has 3 aromatic rings. The number of anilines is 2. The SMILES string of the molecule is CN/C=N\C(=N)c1ccc(C2=CCN(C(=O)CN3CC[C@]4(CCN(c5ccc(N)c(C(=N)c6ccc(OC7CCC7)nc6)c5)C4=O)C3)CC2)cc1. The highest BCUT2D eigenvalue weighted by Crippen LogP contribution is 2.43. The summed E-state index contributed by atoms with van der Waals surface area (Å²) in [4.78, 5) is 41.7. The number of pyridine rings is 1. The number of rotatable bonds is 10. The molecule has 7 rings (SSSR count). The van der Waals surface area contributed by atoms with Crippen LogP contribution in [0.5, 0.6) is 5.88 Å². The number of nitrogens with two attached hydrogens (primary N) is 1. The highest BCUT2D eigenvalue weighted by atomic mass is 16.5. The number of amidine groups is 1. The summed E-state index contributed by atoms with van der Waals surface area (Å²) in [5, 5.41) is 19.8. The summed E-state index contributed by atoms with van der Waals surface area (Å²) in [7, 11) is 1.74. The number of aliphatic imine (C=N–C) groups is 1. The molecule has 4 heterocycles. The number of carbonyl (C=O) groups is 2. The van der Waals surface area contributed by atoms with E-state index in [-0.39, 0.29) is 29.5 Å². The molecule has 0 radical (unpaired) electrons. The molecule has 1 atom stereocenters. The molecule has 51 heavy (non-hydrogen) atoms. The van der Waals surface area contributed by atoms with Crippen LogP contribution in [0.3, 0.4) is 0 Å². The second kappa shape index (κ2) is 14.5. The quantitative estimate of drug-likeness (QED) is 0.140. The van der Waals surface area contributed by atoms with Crippen molar-refractivity contribution >= 4 is 46.6 Å². The summed E-state index contributed by atoms with van der Waals surface area (Å²) in [6.45, 7) is 3.32. The Bertz CT molecular complexity index is 1880. The number of likely N-dealkylation sites (tertiary alicyclic amines) is 1. The van der Waals surface area contributed by atoms with Gasteiger partial charge >= 0.3 is 0 Å². The van der Waals surface area contributed by atoms with Crippen molar-refractivity contribution in [2.75, 3.05) is 56.9 Å². The molecule has 1 saturated carbocycles. The molecule has 2 saturated heterocycles. The van der Waals surface area contributed by atoms with Crippen molar-refractivity contribution in [3.8, 4) is 5.88 Å². The molecule has 5 N–H and O–H groups in total. The largest absolute Gasteiger partial charge is 0.474 e. The van der Waals surface area contributed by atoms with Gasteiger partial charge in [-0.3, -0.25) is 25.3 Å². The Kier molecular flexibility index (Phi) is 9.68. The van der Waals surface area contributed by atoms with E-state index in [9.17, 15) is 9.59 Å². The van der Waals surface area contributed by atoms with Gasteiger partial charge in [-0.1, -0.05) is 30.3 Å². The first-order chi connectivity index (χ1) is 24.7. The molecule has 0 unspecified atom stereocenters. The first kappa shape index (κ1) is 34.1. The normalized spacial score (nSPS) is 20.9. The average Bonchev–Trinajstić information content (AvgIpc) is 3.70. The summed E-state index contributed by atoms with van der Waals surface area (Å²) in [6, 6.07) is 16.9. The molecule has 3 aliphatic heterocycles. The highest BCUT2D eigenvalue weighted by molar-refractivity contribution is 6.14. The van der Waals surface area contributed by atoms with E-state index in [4.69, 9.17) is 21.3 Å². The molecule has 3 fully saturated rings. The Morgan fingerprint density at radius 2 is 1.86 bits per heavy atom. The van der Waals surface area contributed by atoms with Crippen LogP contribution in [0.1, 0.15) is 60.8 Å². The van der Waals surface area contributed by atoms with E-state index < -0.39 is 5.41 Å². The number of hydrogen-bond acceptors (Lipinski definition) is 8. The molecule has 2 aromatic carbocycles. The summed E-state index contributed by atoms with van der Waals surface area (Å²) in [5.41, 5.74) is 11.5. The summed E-state index contributed by atoms with van der Waals surface area (Å²) < 4.78 is 5.87. The van der Waals surface area contributed by atoms with Gasteiger partial charge in [0.05, 0.1) is 24.0 Å². The van der Waals surface area contributed by atoms with Crippen LogP contribution >= 0.6 is 0 Å². The van der Waals surface area contributed by atoms with E-state index in [1.54, 1.807) is 25.4 Å². The zero-order valence-corrected chi connectivity index (χ0v) is 29.0. The number of aromatic nitrogens is 1. The van der Waals surface area contributed by atoms with Crippen molar-refractivity contribution in [1.82, 2.24) is 20.1 Å². The lowest BCUT2D eigenvalue weighted by Gasteiger charge is -2.29. The van der Waals surface area contributed by atoms with Gasteiger partial charge in [0, 0.05) is 73.6 Å². The molecular formula is C39H45N9O3. The molecule has 1 aromatic heterocycles. The number of benzene rings is 2. The molecular weight excluding hydrogens is 642 g/mol. The lowest BCUT2D eigenvalue weighted by molar-refractivity contribution is -0.132. The van der Waals surface area contributed by atoms with Crippen molar-refractivity contribution in [3.63, 3.8) is 0 Å². The minimum absolute atomic E-state index is 0.0689. The van der Waals surface area contributed by atoms with Crippen LogP contribution in [-0.2, 0) is 9.59 Å². The highest BCUT2D eigenvalue weighted by Gasteiger charge is 2.51. The van der Waals surface area contributed by atoms with E-state index in [2.05, 4.69) is 26.3 Å². The Balaban J connectivity index is 0.939. The Morgan fingerprint density at radius 1 is 1.08 bits per heavy atom. The predicted molar refractivity (Wildman–Crippen MR) is 200 cm³/mol. The van der Waals surface area contributed by atoms with Crippen molar-refractivity contribution < 1.29 is 14.3 Å². The minimum Gasteiger partial charge on any atom is -0.474 e. The summed E-state index contributed by atoms with van der Waals surface area (Å²) in [6.07, 6.45) is 10.9. The lowest BCUT2D eigenvalue weighted by Crippen LogP contribution is -2.43. The first-order valence-corrected chi connectivity index (χ1v) is 17.7. The van der Waals surface area contributed by atoms with E-state index in [1.807, 2.05) is 52.3 Å². The Morgan fingerprint density at radius 3 is 2.55 bits per heavy atom. The van der Waals surface area contributed by atoms with Crippen LogP contribution in [0.4, 0.5) is 11.4 Å². The van der Waals surface area contributed by atoms with Crippen LogP contribution in [0.2, 0.25) is 0 Å². The number of amides is 2. The molecule has 264 valence electrons. The van der Waals surface area contributed by atoms with E-state index in [1.165, 1.54) is 18.3 Å². The van der Waals surface area contributed by atoms with Crippen molar-refractivity contribution in [1.29, 1.82) is 10.8 Å². The van der Waals surface area contributed by atoms with E-state index >= 15 is 0 Å². The van der Waals surface area contributed by atoms with Gasteiger partial charge in [-0.25, -0.2) is 9.98 Å². The monoisotopic (exact) mass is 687 g/mol. The number of carbonyl (C=O) groups excluding carboxylic acids is 2. The van der Waals surface area contributed by atoms with Gasteiger partial charge in [-0.2, -0.15) is 0 Å². The summed E-state index contributed by atoms with van der Waals surface area (Å²) in [5.74, 6) is 0.907. The maximum Gasteiger partial charge on any atom is 0.237 e. The molecule has 4 aliphatic rings. The van der Waals surface area contributed by atoms with Gasteiger partial charge in [-0.05, 0) is 80.5 Å². The first-order valence-electron chi connectivity index (χ1n) is 17.7. The third-order valence-corrected chi connectivity index (χ3v) is 10.7. The lowest BCUT2D eigenvalue weighted by atomic mass is 9.85. The standard InChI is InChI=1S/C39H45N9O3/c1-43-25-45-37(42)28-7-5-26(6-8-28)27-13-17-47(18-14-27)35(49)23-46-19-15-39(24-46)16-20-48(38(39)50)30-10-11-33(40)32(21-30)36(41)29-9-12-34(44-22-29)51-31-3-2-4-31/h5-13,21-22,25,31,41H,2-4,14-20,23-24,40H2,1H3,(H2,42,43,45)/t39-/m0/s1. The second-order valence-electron chi connectivity index (χ2n) is 13.9. The topological polar surface area (TPSA) is 164 Å². The Hall–Kier alpha value is -5.36. The summed E-state index contributed by atoms with van der Waals surface area (Å²) >= 11 is 0. The average molecular weight is 688 g/mol. The van der Waals surface area contributed by atoms with Crippen LogP contribution < -0.4 is 20.7 Å². The van der Waals surface area contributed by atoms with Crippen LogP contribution in [-0.4, -0.2) is 96.9 Å². The van der Waals surface area contributed by atoms with Gasteiger partial charge in [-0.15, -0.1) is 0 Å². The van der Waals surface area contributed by atoms with Gasteiger partial charge in [0.2, 0.25) is 17.7 Å². The van der Waals surface area contributed by atoms with Gasteiger partial charge < -0.3 is 25.6 Å². The maximum atomic E-state index is 14.0. The minimum atomic E-state index is -0.522. The maximum absolute atomic E-state index is 14.0. The third-order valence-electron chi connectivity index (χ3n) is 10.7. The smallest absolute Gasteiger partial charge is 0.237 e. The fraction of sp³-hybridized carbons (Fsp3) is 0.385. The number of nitrogens with zero attached hydrogens (tertiary/aromatic N) is 5. The fourth-order valence-electron chi connectivity index (χ4n) is 7.38. The van der Waals surface area contributed by atoms with Gasteiger partial charge in [0.1, 0.15) is 6.10 Å². The third kappa shape index (κ3) is 7.14. The van der Waals surface area contributed by atoms with E-state index in [0.717, 1.165) is 42.5 Å². The zero-order chi connectivity index (χ0) is 35.5. The van der Waals surface area contributed by atoms with Crippen LogP contribution in [0.15, 0.2) is 71.9 Å².